The number of nitrogens with zero attached hydrogens (tertiary/aromatic N) is 4. The fourth-order valence-corrected chi connectivity index (χ4v) is 2.96. The highest BCUT2D eigenvalue weighted by Crippen LogP contribution is 2.37. The first-order chi connectivity index (χ1) is 13.1. The molecule has 0 aliphatic rings. The van der Waals surface area contributed by atoms with E-state index in [1.165, 1.54) is 18.1 Å². The van der Waals surface area contributed by atoms with Gasteiger partial charge in [-0.3, -0.25) is 4.79 Å². The van der Waals surface area contributed by atoms with Crippen molar-refractivity contribution in [2.24, 2.45) is 0 Å². The number of hydrogen-bond donors (Lipinski definition) is 1. The predicted octanol–water partition coefficient (Wildman–Crippen LogP) is 3.47. The maximum absolute atomic E-state index is 12.7. The average Bonchev–Trinajstić information content (AvgIpc) is 3.21. The summed E-state index contributed by atoms with van der Waals surface area (Å²) >= 11 is 3.45. The van der Waals surface area contributed by atoms with Gasteiger partial charge in [0.15, 0.2) is 11.5 Å². The fourth-order valence-electron chi connectivity index (χ4n) is 2.40. The number of methoxy groups -OCH3 is 1. The van der Waals surface area contributed by atoms with Crippen LogP contribution in [0.25, 0.3) is 5.69 Å². The number of halogens is 1. The third-order valence-corrected chi connectivity index (χ3v) is 4.25. The summed E-state index contributed by atoms with van der Waals surface area (Å²) < 4.78 is 13.2. The molecule has 0 saturated carbocycles. The van der Waals surface area contributed by atoms with Crippen LogP contribution in [0.15, 0.2) is 47.2 Å². The summed E-state index contributed by atoms with van der Waals surface area (Å²) in [7, 11) is 1.54. The van der Waals surface area contributed by atoms with Gasteiger partial charge in [-0.2, -0.15) is 0 Å². The van der Waals surface area contributed by atoms with Crippen LogP contribution in [-0.4, -0.2) is 39.8 Å². The first-order valence-electron chi connectivity index (χ1n) is 8.27. The predicted molar refractivity (Wildman–Crippen MR) is 104 cm³/mol. The highest BCUT2D eigenvalue weighted by atomic mass is 79.9. The van der Waals surface area contributed by atoms with Gasteiger partial charge in [-0.15, -0.1) is 5.10 Å². The molecule has 0 atom stereocenters. The number of carbonyl (C=O) groups excluding carboxylic acids is 1. The van der Waals surface area contributed by atoms with Gasteiger partial charge in [0.25, 0.3) is 5.91 Å². The van der Waals surface area contributed by atoms with Gasteiger partial charge < -0.3 is 14.8 Å². The molecule has 27 heavy (non-hydrogen) atoms. The van der Waals surface area contributed by atoms with Gasteiger partial charge in [-0.1, -0.05) is 13.0 Å². The zero-order chi connectivity index (χ0) is 19.2. The van der Waals surface area contributed by atoms with E-state index >= 15 is 0 Å². The van der Waals surface area contributed by atoms with Crippen molar-refractivity contribution < 1.29 is 14.3 Å². The molecule has 0 radical (unpaired) electrons. The summed E-state index contributed by atoms with van der Waals surface area (Å²) in [6.07, 6.45) is 2.35. The Kier molecular flexibility index (Phi) is 6.02. The minimum Gasteiger partial charge on any atom is -0.493 e. The van der Waals surface area contributed by atoms with Crippen molar-refractivity contribution in [3.63, 3.8) is 0 Å². The standard InChI is InChI=1S/C18H18BrN5O3/c1-3-7-27-17-15(19)8-12(9-16(17)26-2)18(25)21-13-5-4-6-14(10-13)24-11-20-22-23-24/h4-6,8-11H,3,7H2,1-2H3,(H,21,25). The van der Waals surface area contributed by atoms with E-state index in [4.69, 9.17) is 9.47 Å². The van der Waals surface area contributed by atoms with E-state index < -0.39 is 0 Å². The third kappa shape index (κ3) is 4.43. The Morgan fingerprint density at radius 2 is 2.15 bits per heavy atom. The molecule has 0 fully saturated rings. The maximum Gasteiger partial charge on any atom is 0.255 e. The molecule has 1 aromatic heterocycles. The van der Waals surface area contributed by atoms with Crippen molar-refractivity contribution in [1.82, 2.24) is 20.2 Å². The zero-order valence-electron chi connectivity index (χ0n) is 14.8. The molecule has 0 aliphatic carbocycles. The molecule has 8 nitrogen and oxygen atoms in total. The van der Waals surface area contributed by atoms with Crippen molar-refractivity contribution in [3.05, 3.63) is 52.8 Å². The van der Waals surface area contributed by atoms with Crippen LogP contribution in [0.2, 0.25) is 0 Å². The van der Waals surface area contributed by atoms with Gasteiger partial charge in [-0.05, 0) is 63.1 Å². The van der Waals surface area contributed by atoms with Gasteiger partial charge in [0.05, 0.1) is 23.9 Å². The number of rotatable bonds is 7. The number of benzene rings is 2. The van der Waals surface area contributed by atoms with Crippen LogP contribution in [0.1, 0.15) is 23.7 Å². The first-order valence-corrected chi connectivity index (χ1v) is 9.06. The van der Waals surface area contributed by atoms with Crippen molar-refractivity contribution in [2.75, 3.05) is 19.0 Å². The van der Waals surface area contributed by atoms with Crippen molar-refractivity contribution in [1.29, 1.82) is 0 Å². The van der Waals surface area contributed by atoms with Crippen LogP contribution >= 0.6 is 15.9 Å². The molecule has 1 heterocycles. The summed E-state index contributed by atoms with van der Waals surface area (Å²) in [6.45, 7) is 2.58. The van der Waals surface area contributed by atoms with Crippen LogP contribution < -0.4 is 14.8 Å². The van der Waals surface area contributed by atoms with Gasteiger partial charge >= 0.3 is 0 Å². The van der Waals surface area contributed by atoms with E-state index in [2.05, 4.69) is 36.8 Å². The zero-order valence-corrected chi connectivity index (χ0v) is 16.4. The number of nitrogens with one attached hydrogen (secondary N) is 1. The molecule has 3 rings (SSSR count). The molecule has 0 bridgehead atoms. The van der Waals surface area contributed by atoms with Crippen LogP contribution in [0.4, 0.5) is 5.69 Å². The van der Waals surface area contributed by atoms with Crippen molar-refractivity contribution >= 4 is 27.5 Å². The fraction of sp³-hybridized carbons (Fsp3) is 0.222. The number of anilines is 1. The largest absolute Gasteiger partial charge is 0.493 e. The lowest BCUT2D eigenvalue weighted by molar-refractivity contribution is 0.102. The van der Waals surface area contributed by atoms with Crippen LogP contribution in [0.5, 0.6) is 11.5 Å². The topological polar surface area (TPSA) is 91.2 Å². The Bertz CT molecular complexity index is 931. The summed E-state index contributed by atoms with van der Waals surface area (Å²) in [4.78, 5) is 12.7. The van der Waals surface area contributed by atoms with E-state index in [-0.39, 0.29) is 5.91 Å². The van der Waals surface area contributed by atoms with E-state index in [9.17, 15) is 4.79 Å². The summed E-state index contributed by atoms with van der Waals surface area (Å²) in [6, 6.07) is 10.6. The second kappa shape index (κ2) is 8.63. The molecule has 1 amide bonds. The van der Waals surface area contributed by atoms with Crippen molar-refractivity contribution in [3.8, 4) is 17.2 Å². The molecule has 0 unspecified atom stereocenters. The third-order valence-electron chi connectivity index (χ3n) is 3.66. The Morgan fingerprint density at radius 3 is 2.85 bits per heavy atom. The van der Waals surface area contributed by atoms with Crippen molar-refractivity contribution in [2.45, 2.75) is 13.3 Å². The van der Waals surface area contributed by atoms with E-state index in [1.807, 2.05) is 19.1 Å². The van der Waals surface area contributed by atoms with Crippen LogP contribution in [0.3, 0.4) is 0 Å². The highest BCUT2D eigenvalue weighted by molar-refractivity contribution is 9.10. The second-order valence-corrected chi connectivity index (χ2v) is 6.45. The van der Waals surface area contributed by atoms with Gasteiger partial charge in [0, 0.05) is 11.3 Å². The lowest BCUT2D eigenvalue weighted by atomic mass is 10.1. The van der Waals surface area contributed by atoms with E-state index in [0.29, 0.717) is 33.8 Å². The lowest BCUT2D eigenvalue weighted by Gasteiger charge is -2.14. The Hall–Kier alpha value is -2.94. The number of carbonyl (C=O) groups is 1. The molecule has 0 spiro atoms. The van der Waals surface area contributed by atoms with Gasteiger partial charge in [-0.25, -0.2) is 4.68 Å². The number of aromatic nitrogens is 4. The molecule has 0 saturated heterocycles. The monoisotopic (exact) mass is 431 g/mol. The Morgan fingerprint density at radius 1 is 1.30 bits per heavy atom. The maximum atomic E-state index is 12.7. The number of hydrogen-bond acceptors (Lipinski definition) is 6. The minimum absolute atomic E-state index is 0.273. The molecule has 140 valence electrons. The second-order valence-electron chi connectivity index (χ2n) is 5.60. The van der Waals surface area contributed by atoms with Gasteiger partial charge in [0.2, 0.25) is 0 Å². The van der Waals surface area contributed by atoms with E-state index in [0.717, 1.165) is 12.1 Å². The lowest BCUT2D eigenvalue weighted by Crippen LogP contribution is -2.13. The van der Waals surface area contributed by atoms with Crippen LogP contribution in [0, 0.1) is 0 Å². The normalized spacial score (nSPS) is 10.5. The Labute approximate surface area is 164 Å². The molecule has 9 heteroatoms. The molecule has 0 aliphatic heterocycles. The van der Waals surface area contributed by atoms with Gasteiger partial charge in [0.1, 0.15) is 6.33 Å². The summed E-state index contributed by atoms with van der Waals surface area (Å²) in [5.41, 5.74) is 1.80. The smallest absolute Gasteiger partial charge is 0.255 e. The molecular formula is C18H18BrN5O3. The number of amides is 1. The highest BCUT2D eigenvalue weighted by Gasteiger charge is 2.16. The SMILES string of the molecule is CCCOc1c(Br)cc(C(=O)Nc2cccc(-n3cnnn3)c2)cc1OC. The molecule has 1 N–H and O–H groups in total. The number of ether oxygens (including phenoxy) is 2. The minimum atomic E-state index is -0.273. The van der Waals surface area contributed by atoms with Crippen LogP contribution in [-0.2, 0) is 0 Å². The summed E-state index contributed by atoms with van der Waals surface area (Å²) in [5, 5.41) is 13.9. The molecular weight excluding hydrogens is 414 g/mol. The summed E-state index contributed by atoms with van der Waals surface area (Å²) in [5.74, 6) is 0.798. The number of tetrazole rings is 1. The molecule has 3 aromatic rings. The first kappa shape index (κ1) is 18.8. The molecule has 2 aromatic carbocycles. The quantitative estimate of drug-likeness (QED) is 0.615. The average molecular weight is 432 g/mol. The Balaban J connectivity index is 1.82. The van der Waals surface area contributed by atoms with E-state index in [1.54, 1.807) is 24.3 Å².